The van der Waals surface area contributed by atoms with Crippen molar-refractivity contribution in [3.8, 4) is 5.75 Å². The van der Waals surface area contributed by atoms with Gasteiger partial charge in [-0.25, -0.2) is 0 Å². The molecule has 1 aliphatic heterocycles. The van der Waals surface area contributed by atoms with Crippen LogP contribution in [0.4, 0.5) is 0 Å². The number of hydrogen-bond acceptors (Lipinski definition) is 4. The number of nitrogens with zero attached hydrogens (tertiary/aromatic N) is 1. The molecule has 0 bridgehead atoms. The van der Waals surface area contributed by atoms with Crippen molar-refractivity contribution in [3.05, 3.63) is 29.8 Å². The largest absolute Gasteiger partial charge is 0.490 e. The average Bonchev–Trinajstić information content (AvgIpc) is 3.06. The van der Waals surface area contributed by atoms with Gasteiger partial charge in [0.2, 0.25) is 0 Å². The quantitative estimate of drug-likeness (QED) is 0.903. The number of benzene rings is 1. The molecule has 1 N–H and O–H groups in total. The van der Waals surface area contributed by atoms with E-state index in [4.69, 9.17) is 9.47 Å². The minimum absolute atomic E-state index is 0.0654. The van der Waals surface area contributed by atoms with Crippen molar-refractivity contribution in [1.29, 1.82) is 0 Å². The van der Waals surface area contributed by atoms with Crippen LogP contribution in [0.25, 0.3) is 0 Å². The average molecular weight is 318 g/mol. The highest BCUT2D eigenvalue weighted by molar-refractivity contribution is 5.94. The molecule has 1 atom stereocenters. The summed E-state index contributed by atoms with van der Waals surface area (Å²) in [5, 5.41) is 2.96. The van der Waals surface area contributed by atoms with Crippen molar-refractivity contribution in [2.75, 3.05) is 33.3 Å². The number of morpholine rings is 1. The number of carbonyl (C=O) groups is 1. The molecular formula is C18H26N2O3. The van der Waals surface area contributed by atoms with E-state index in [0.29, 0.717) is 18.2 Å². The van der Waals surface area contributed by atoms with Crippen LogP contribution in [0.2, 0.25) is 0 Å². The van der Waals surface area contributed by atoms with Gasteiger partial charge in [-0.1, -0.05) is 6.07 Å². The molecule has 5 nitrogen and oxygen atoms in total. The third-order valence-electron chi connectivity index (χ3n) is 4.53. The standard InChI is InChI=1S/C18H26N2O3/c1-20-9-10-22-17(13-20)12-19-18(21)14-5-4-8-16(11-14)23-15-6-2-3-7-15/h4-5,8,11,15,17H,2-3,6-7,9-10,12-13H2,1H3,(H,19,21). The molecule has 1 unspecified atom stereocenters. The van der Waals surface area contributed by atoms with Crippen molar-refractivity contribution in [1.82, 2.24) is 10.2 Å². The predicted octanol–water partition coefficient (Wildman–Crippen LogP) is 2.07. The Kier molecular flexibility index (Phi) is 5.51. The Morgan fingerprint density at radius 3 is 3.00 bits per heavy atom. The molecule has 1 saturated carbocycles. The lowest BCUT2D eigenvalue weighted by Crippen LogP contribution is -2.45. The Morgan fingerprint density at radius 2 is 2.22 bits per heavy atom. The first kappa shape index (κ1) is 16.3. The van der Waals surface area contributed by atoms with E-state index in [-0.39, 0.29) is 12.0 Å². The van der Waals surface area contributed by atoms with Crippen molar-refractivity contribution in [2.24, 2.45) is 0 Å². The maximum Gasteiger partial charge on any atom is 0.251 e. The summed E-state index contributed by atoms with van der Waals surface area (Å²) < 4.78 is 11.6. The molecule has 1 saturated heterocycles. The van der Waals surface area contributed by atoms with Crippen LogP contribution in [-0.2, 0) is 4.74 Å². The second-order valence-corrected chi connectivity index (χ2v) is 6.52. The van der Waals surface area contributed by atoms with Crippen LogP contribution in [0.15, 0.2) is 24.3 Å². The fraction of sp³-hybridized carbons (Fsp3) is 0.611. The van der Waals surface area contributed by atoms with E-state index >= 15 is 0 Å². The third kappa shape index (κ3) is 4.69. The van der Waals surface area contributed by atoms with E-state index in [9.17, 15) is 4.79 Å². The summed E-state index contributed by atoms with van der Waals surface area (Å²) in [5.74, 6) is 0.719. The minimum atomic E-state index is -0.0706. The number of hydrogen-bond donors (Lipinski definition) is 1. The summed E-state index contributed by atoms with van der Waals surface area (Å²) >= 11 is 0. The second-order valence-electron chi connectivity index (χ2n) is 6.52. The number of amides is 1. The van der Waals surface area contributed by atoms with Gasteiger partial charge in [0, 0.05) is 25.2 Å². The number of rotatable bonds is 5. The zero-order valence-corrected chi connectivity index (χ0v) is 13.8. The Labute approximate surface area is 137 Å². The summed E-state index contributed by atoms with van der Waals surface area (Å²) in [7, 11) is 2.07. The van der Waals surface area contributed by atoms with Crippen molar-refractivity contribution in [3.63, 3.8) is 0 Å². The van der Waals surface area contributed by atoms with Crippen LogP contribution >= 0.6 is 0 Å². The molecule has 2 aliphatic rings. The molecule has 126 valence electrons. The molecule has 0 aromatic heterocycles. The maximum absolute atomic E-state index is 12.3. The molecule has 5 heteroatoms. The lowest BCUT2D eigenvalue weighted by Gasteiger charge is -2.30. The van der Waals surface area contributed by atoms with Crippen molar-refractivity contribution < 1.29 is 14.3 Å². The first-order valence-electron chi connectivity index (χ1n) is 8.56. The first-order valence-corrected chi connectivity index (χ1v) is 8.56. The SMILES string of the molecule is CN1CCOC(CNC(=O)c2cccc(OC3CCCC3)c2)C1. The molecule has 0 radical (unpaired) electrons. The lowest BCUT2D eigenvalue weighted by molar-refractivity contribution is -0.0175. The number of ether oxygens (including phenoxy) is 2. The molecule has 23 heavy (non-hydrogen) atoms. The third-order valence-corrected chi connectivity index (χ3v) is 4.53. The van der Waals surface area contributed by atoms with E-state index in [0.717, 1.165) is 38.3 Å². The summed E-state index contributed by atoms with van der Waals surface area (Å²) in [4.78, 5) is 14.5. The summed E-state index contributed by atoms with van der Waals surface area (Å²) in [6.07, 6.45) is 5.07. The van der Waals surface area contributed by atoms with Crippen molar-refractivity contribution in [2.45, 2.75) is 37.9 Å². The van der Waals surface area contributed by atoms with Crippen LogP contribution in [0.5, 0.6) is 5.75 Å². The summed E-state index contributed by atoms with van der Waals surface area (Å²) in [5.41, 5.74) is 0.643. The zero-order chi connectivity index (χ0) is 16.1. The van der Waals surface area contributed by atoms with Gasteiger partial charge in [0.1, 0.15) is 5.75 Å². The van der Waals surface area contributed by atoms with Crippen LogP contribution in [0.3, 0.4) is 0 Å². The van der Waals surface area contributed by atoms with Gasteiger partial charge in [0.05, 0.1) is 18.8 Å². The van der Waals surface area contributed by atoms with E-state index < -0.39 is 0 Å². The van der Waals surface area contributed by atoms with Gasteiger partial charge < -0.3 is 19.7 Å². The number of nitrogens with one attached hydrogen (secondary N) is 1. The van der Waals surface area contributed by atoms with E-state index in [2.05, 4.69) is 17.3 Å². The summed E-state index contributed by atoms with van der Waals surface area (Å²) in [6.45, 7) is 3.06. The van der Waals surface area contributed by atoms with Gasteiger partial charge in [0.25, 0.3) is 5.91 Å². The fourth-order valence-corrected chi connectivity index (χ4v) is 3.21. The van der Waals surface area contributed by atoms with Crippen molar-refractivity contribution >= 4 is 5.91 Å². The smallest absolute Gasteiger partial charge is 0.251 e. The van der Waals surface area contributed by atoms with Gasteiger partial charge in [-0.2, -0.15) is 0 Å². The monoisotopic (exact) mass is 318 g/mol. The normalized spacial score (nSPS) is 22.9. The Bertz CT molecular complexity index is 529. The molecule has 2 fully saturated rings. The molecular weight excluding hydrogens is 292 g/mol. The molecule has 1 heterocycles. The van der Waals surface area contributed by atoms with Crippen LogP contribution in [0, 0.1) is 0 Å². The first-order chi connectivity index (χ1) is 11.2. The van der Waals surface area contributed by atoms with E-state index in [1.54, 1.807) is 0 Å². The van der Waals surface area contributed by atoms with Gasteiger partial charge >= 0.3 is 0 Å². The second kappa shape index (κ2) is 7.79. The Balaban J connectivity index is 1.52. The summed E-state index contributed by atoms with van der Waals surface area (Å²) in [6, 6.07) is 7.46. The lowest BCUT2D eigenvalue weighted by atomic mass is 10.2. The van der Waals surface area contributed by atoms with Crippen LogP contribution in [0.1, 0.15) is 36.0 Å². The topological polar surface area (TPSA) is 50.8 Å². The molecule has 0 spiro atoms. The van der Waals surface area contributed by atoms with Crippen LogP contribution < -0.4 is 10.1 Å². The Hall–Kier alpha value is -1.59. The fourth-order valence-electron chi connectivity index (χ4n) is 3.21. The maximum atomic E-state index is 12.3. The minimum Gasteiger partial charge on any atom is -0.490 e. The highest BCUT2D eigenvalue weighted by Gasteiger charge is 2.19. The number of likely N-dealkylation sites (N-methyl/N-ethyl adjacent to an activating group) is 1. The van der Waals surface area contributed by atoms with Gasteiger partial charge in [-0.3, -0.25) is 4.79 Å². The highest BCUT2D eigenvalue weighted by Crippen LogP contribution is 2.24. The molecule has 3 rings (SSSR count). The van der Waals surface area contributed by atoms with E-state index in [1.807, 2.05) is 24.3 Å². The van der Waals surface area contributed by atoms with Gasteiger partial charge in [0.15, 0.2) is 0 Å². The predicted molar refractivity (Wildman–Crippen MR) is 88.9 cm³/mol. The highest BCUT2D eigenvalue weighted by atomic mass is 16.5. The van der Waals surface area contributed by atoms with Gasteiger partial charge in [-0.15, -0.1) is 0 Å². The molecule has 1 aliphatic carbocycles. The molecule has 1 aromatic rings. The Morgan fingerprint density at radius 1 is 1.39 bits per heavy atom. The van der Waals surface area contributed by atoms with E-state index in [1.165, 1.54) is 12.8 Å². The molecule has 1 amide bonds. The zero-order valence-electron chi connectivity index (χ0n) is 13.8. The molecule has 1 aromatic carbocycles. The van der Waals surface area contributed by atoms with Crippen LogP contribution in [-0.4, -0.2) is 56.3 Å². The number of carbonyl (C=O) groups excluding carboxylic acids is 1. The van der Waals surface area contributed by atoms with Gasteiger partial charge in [-0.05, 0) is 50.9 Å².